The number of thioether (sulfide) groups is 1. The highest BCUT2D eigenvalue weighted by atomic mass is 32.2. The van der Waals surface area contributed by atoms with E-state index in [4.69, 9.17) is 4.74 Å². The number of carbonyl (C=O) groups is 1. The third kappa shape index (κ3) is 6.66. The van der Waals surface area contributed by atoms with Crippen LogP contribution in [0.4, 0.5) is 0 Å². The van der Waals surface area contributed by atoms with Crippen LogP contribution in [-0.4, -0.2) is 29.6 Å². The number of hydrogen-bond acceptors (Lipinski definition) is 3. The minimum atomic E-state index is -0.0465. The van der Waals surface area contributed by atoms with Gasteiger partial charge in [0.25, 0.3) is 5.91 Å². The molecule has 1 N–H and O–H groups in total. The fraction of sp³-hybridized carbons (Fsp3) is 0.438. The number of hydrogen-bond donors (Lipinski definition) is 1. The number of ether oxygens (including phenoxy) is 1. The Labute approximate surface area is 125 Å². The van der Waals surface area contributed by atoms with Crippen LogP contribution in [0.5, 0.6) is 5.75 Å². The molecule has 0 unspecified atom stereocenters. The zero-order chi connectivity index (χ0) is 15.0. The van der Waals surface area contributed by atoms with Crippen molar-refractivity contribution in [1.82, 2.24) is 5.32 Å². The number of amides is 1. The van der Waals surface area contributed by atoms with Gasteiger partial charge in [0.2, 0.25) is 0 Å². The molecular formula is C16H23NO2S. The largest absolute Gasteiger partial charge is 0.490 e. The molecule has 0 aliphatic heterocycles. The molecular weight excluding hydrogens is 270 g/mol. The molecule has 1 amide bonds. The van der Waals surface area contributed by atoms with E-state index in [-0.39, 0.29) is 10.7 Å². The van der Waals surface area contributed by atoms with Gasteiger partial charge in [-0.15, -0.1) is 0 Å². The van der Waals surface area contributed by atoms with E-state index in [2.05, 4.69) is 32.7 Å². The van der Waals surface area contributed by atoms with E-state index in [0.717, 1.165) is 11.5 Å². The van der Waals surface area contributed by atoms with Crippen LogP contribution >= 0.6 is 11.8 Å². The summed E-state index contributed by atoms with van der Waals surface area (Å²) in [4.78, 5) is 11.9. The fourth-order valence-electron chi connectivity index (χ4n) is 1.48. The molecule has 0 fully saturated rings. The second-order valence-electron chi connectivity index (χ2n) is 5.34. The standard InChI is InChI=1S/C16H23NO2S/c1-5-11-19-14-8-6-13(7-9-14)15(18)17-10-12-20-16(2,3)4/h5-9H,1,10-12H2,2-4H3,(H,17,18). The van der Waals surface area contributed by atoms with E-state index < -0.39 is 0 Å². The Balaban J connectivity index is 2.38. The minimum absolute atomic E-state index is 0.0465. The van der Waals surface area contributed by atoms with E-state index in [0.29, 0.717) is 18.7 Å². The van der Waals surface area contributed by atoms with Gasteiger partial charge < -0.3 is 10.1 Å². The predicted molar refractivity (Wildman–Crippen MR) is 86.7 cm³/mol. The molecule has 0 aliphatic carbocycles. The first kappa shape index (κ1) is 16.6. The third-order valence-corrected chi connectivity index (χ3v) is 3.68. The highest BCUT2D eigenvalue weighted by Gasteiger charge is 2.10. The van der Waals surface area contributed by atoms with Gasteiger partial charge in [0.05, 0.1) is 0 Å². The van der Waals surface area contributed by atoms with Crippen LogP contribution in [0.1, 0.15) is 31.1 Å². The summed E-state index contributed by atoms with van der Waals surface area (Å²) >= 11 is 1.84. The molecule has 1 rings (SSSR count). The monoisotopic (exact) mass is 293 g/mol. The summed E-state index contributed by atoms with van der Waals surface area (Å²) in [5.74, 6) is 1.61. The minimum Gasteiger partial charge on any atom is -0.490 e. The molecule has 0 atom stereocenters. The van der Waals surface area contributed by atoms with E-state index >= 15 is 0 Å². The lowest BCUT2D eigenvalue weighted by Crippen LogP contribution is -2.26. The molecule has 0 spiro atoms. The van der Waals surface area contributed by atoms with Crippen molar-refractivity contribution in [3.63, 3.8) is 0 Å². The maximum absolute atomic E-state index is 11.9. The summed E-state index contributed by atoms with van der Waals surface area (Å²) in [5.41, 5.74) is 0.650. The van der Waals surface area contributed by atoms with Crippen molar-refractivity contribution in [3.8, 4) is 5.75 Å². The second kappa shape index (κ2) is 8.00. The van der Waals surface area contributed by atoms with Gasteiger partial charge in [-0.3, -0.25) is 4.79 Å². The first-order valence-corrected chi connectivity index (χ1v) is 7.67. The molecule has 1 aromatic carbocycles. The maximum atomic E-state index is 11.9. The summed E-state index contributed by atoms with van der Waals surface area (Å²) in [7, 11) is 0. The predicted octanol–water partition coefficient (Wildman–Crippen LogP) is 3.51. The van der Waals surface area contributed by atoms with E-state index in [1.54, 1.807) is 30.3 Å². The topological polar surface area (TPSA) is 38.3 Å². The molecule has 0 saturated heterocycles. The highest BCUT2D eigenvalue weighted by Crippen LogP contribution is 2.22. The Kier molecular flexibility index (Phi) is 6.65. The lowest BCUT2D eigenvalue weighted by atomic mass is 10.2. The second-order valence-corrected chi connectivity index (χ2v) is 7.26. The van der Waals surface area contributed by atoms with Crippen LogP contribution in [0.2, 0.25) is 0 Å². The fourth-order valence-corrected chi connectivity index (χ4v) is 2.30. The first-order valence-electron chi connectivity index (χ1n) is 6.68. The number of nitrogens with one attached hydrogen (secondary N) is 1. The molecule has 3 nitrogen and oxygen atoms in total. The summed E-state index contributed by atoms with van der Waals surface area (Å²) < 4.78 is 5.60. The zero-order valence-corrected chi connectivity index (χ0v) is 13.3. The SMILES string of the molecule is C=CCOc1ccc(C(=O)NCCSC(C)(C)C)cc1. The molecule has 110 valence electrons. The van der Waals surface area contributed by atoms with Crippen LogP contribution in [-0.2, 0) is 0 Å². The average molecular weight is 293 g/mol. The Morgan fingerprint density at radius 2 is 2.00 bits per heavy atom. The average Bonchev–Trinajstić information content (AvgIpc) is 2.40. The number of carbonyl (C=O) groups excluding carboxylic acids is 1. The number of rotatable bonds is 7. The van der Waals surface area contributed by atoms with Gasteiger partial charge in [0.1, 0.15) is 12.4 Å². The van der Waals surface area contributed by atoms with Crippen molar-refractivity contribution in [2.24, 2.45) is 0 Å². The highest BCUT2D eigenvalue weighted by molar-refractivity contribution is 8.00. The van der Waals surface area contributed by atoms with E-state index in [1.807, 2.05) is 11.8 Å². The summed E-state index contributed by atoms with van der Waals surface area (Å²) in [5, 5.41) is 2.92. The Hall–Kier alpha value is -1.42. The number of benzene rings is 1. The Bertz CT molecular complexity index is 435. The summed E-state index contributed by atoms with van der Waals surface area (Å²) in [6, 6.07) is 7.12. The van der Waals surface area contributed by atoms with E-state index in [1.165, 1.54) is 0 Å². The molecule has 0 aromatic heterocycles. The van der Waals surface area contributed by atoms with Gasteiger partial charge in [0.15, 0.2) is 0 Å². The maximum Gasteiger partial charge on any atom is 0.251 e. The van der Waals surface area contributed by atoms with Crippen LogP contribution < -0.4 is 10.1 Å². The van der Waals surface area contributed by atoms with Crippen LogP contribution in [0, 0.1) is 0 Å². The molecule has 0 aliphatic rings. The van der Waals surface area contributed by atoms with Crippen molar-refractivity contribution in [3.05, 3.63) is 42.5 Å². The van der Waals surface area contributed by atoms with Crippen molar-refractivity contribution in [1.29, 1.82) is 0 Å². The summed E-state index contributed by atoms with van der Waals surface area (Å²) in [6.07, 6.45) is 1.69. The normalized spacial score (nSPS) is 10.9. The van der Waals surface area contributed by atoms with Crippen molar-refractivity contribution < 1.29 is 9.53 Å². The Morgan fingerprint density at radius 3 is 2.55 bits per heavy atom. The molecule has 0 bridgehead atoms. The lowest BCUT2D eigenvalue weighted by molar-refractivity contribution is 0.0956. The third-order valence-electron chi connectivity index (χ3n) is 2.41. The van der Waals surface area contributed by atoms with Gasteiger partial charge in [-0.05, 0) is 24.3 Å². The van der Waals surface area contributed by atoms with Crippen LogP contribution in [0.3, 0.4) is 0 Å². The quantitative estimate of drug-likeness (QED) is 0.617. The molecule has 20 heavy (non-hydrogen) atoms. The van der Waals surface area contributed by atoms with Gasteiger partial charge >= 0.3 is 0 Å². The zero-order valence-electron chi connectivity index (χ0n) is 12.4. The lowest BCUT2D eigenvalue weighted by Gasteiger charge is -2.17. The van der Waals surface area contributed by atoms with Crippen LogP contribution in [0.15, 0.2) is 36.9 Å². The van der Waals surface area contributed by atoms with Gasteiger partial charge in [-0.2, -0.15) is 11.8 Å². The van der Waals surface area contributed by atoms with Crippen molar-refractivity contribution >= 4 is 17.7 Å². The van der Waals surface area contributed by atoms with Crippen LogP contribution in [0.25, 0.3) is 0 Å². The van der Waals surface area contributed by atoms with Gasteiger partial charge in [-0.25, -0.2) is 0 Å². The van der Waals surface area contributed by atoms with Gasteiger partial charge in [-0.1, -0.05) is 33.4 Å². The van der Waals surface area contributed by atoms with E-state index in [9.17, 15) is 4.79 Å². The molecule has 1 aromatic rings. The molecule has 4 heteroatoms. The smallest absolute Gasteiger partial charge is 0.251 e. The van der Waals surface area contributed by atoms with Crippen molar-refractivity contribution in [2.75, 3.05) is 18.9 Å². The van der Waals surface area contributed by atoms with Crippen molar-refractivity contribution in [2.45, 2.75) is 25.5 Å². The summed E-state index contributed by atoms with van der Waals surface area (Å²) in [6.45, 7) is 11.2. The molecule has 0 saturated carbocycles. The van der Waals surface area contributed by atoms with Gasteiger partial charge in [0, 0.05) is 22.6 Å². The Morgan fingerprint density at radius 1 is 1.35 bits per heavy atom. The molecule has 0 radical (unpaired) electrons. The molecule has 0 heterocycles. The first-order chi connectivity index (χ1) is 9.42.